The van der Waals surface area contributed by atoms with Gasteiger partial charge in [-0.05, 0) is 74.5 Å². The predicted octanol–water partition coefficient (Wildman–Crippen LogP) is 2.36. The molecule has 1 atom stereocenters. The Bertz CT molecular complexity index is 1160. The zero-order chi connectivity index (χ0) is 28.3. The van der Waals surface area contributed by atoms with E-state index in [1.54, 1.807) is 24.2 Å². The molecule has 0 aliphatic carbocycles. The normalized spacial score (nSPS) is 16.3. The number of carbonyl (C=O) groups is 4. The minimum Gasteiger partial charge on any atom is -0.494 e. The number of benzene rings is 1. The Kier molecular flexibility index (Phi) is 10.6. The van der Waals surface area contributed by atoms with Crippen LogP contribution in [-0.2, 0) is 16.0 Å². The lowest BCUT2D eigenvalue weighted by Crippen LogP contribution is -2.46. The maximum Gasteiger partial charge on any atom is 0.254 e. The maximum absolute atomic E-state index is 13.0. The number of anilines is 1. The number of unbranched alkanes of at least 4 members (excludes halogenated alkanes) is 2. The molecule has 2 aromatic rings. The van der Waals surface area contributed by atoms with Crippen LogP contribution in [0.1, 0.15) is 58.4 Å². The highest BCUT2D eigenvalue weighted by Crippen LogP contribution is 2.26. The summed E-state index contributed by atoms with van der Waals surface area (Å²) >= 11 is 0. The number of nitrogens with zero attached hydrogens (tertiary/aromatic N) is 4. The minimum absolute atomic E-state index is 0.144. The van der Waals surface area contributed by atoms with Crippen LogP contribution < -0.4 is 15.0 Å². The molecular weight excluding hydrogens is 510 g/mol. The molecule has 1 unspecified atom stereocenters. The fraction of sp³-hybridized carbons (Fsp3) is 0.500. The molecule has 40 heavy (non-hydrogen) atoms. The Morgan fingerprint density at radius 1 is 1.07 bits per heavy atom. The van der Waals surface area contributed by atoms with Crippen molar-refractivity contribution < 1.29 is 23.9 Å². The summed E-state index contributed by atoms with van der Waals surface area (Å²) in [5.74, 6) is 1.37. The number of aldehydes is 2. The van der Waals surface area contributed by atoms with Crippen molar-refractivity contribution in [1.29, 1.82) is 0 Å². The molecule has 3 heterocycles. The van der Waals surface area contributed by atoms with Gasteiger partial charge in [-0.3, -0.25) is 19.3 Å². The summed E-state index contributed by atoms with van der Waals surface area (Å²) in [6.07, 6.45) is 7.52. The second kappa shape index (κ2) is 14.6. The van der Waals surface area contributed by atoms with Crippen molar-refractivity contribution in [2.24, 2.45) is 0 Å². The van der Waals surface area contributed by atoms with E-state index in [1.807, 2.05) is 24.3 Å². The van der Waals surface area contributed by atoms with Crippen LogP contribution >= 0.6 is 0 Å². The van der Waals surface area contributed by atoms with Crippen LogP contribution in [0.2, 0.25) is 0 Å². The van der Waals surface area contributed by atoms with Gasteiger partial charge in [0.1, 0.15) is 17.9 Å². The standard InChI is InChI=1S/C30H39N5O5/c1-31-29(38)10-6-25(22-37)35-13-11-24-19-26(7-8-27(24)30(35)39)40-18-4-2-3-12-33-14-16-34(17-15-33)28-9-5-23(21-36)20-32-28/h5,7-9,19-22,25H,2-4,6,10-18H2,1H3,(H,31,38). The monoisotopic (exact) mass is 549 g/mol. The van der Waals surface area contributed by atoms with Crippen molar-refractivity contribution in [3.05, 3.63) is 53.2 Å². The molecule has 0 bridgehead atoms. The summed E-state index contributed by atoms with van der Waals surface area (Å²) in [5, 5.41) is 2.55. The molecular formula is C30H39N5O5. The highest BCUT2D eigenvalue weighted by atomic mass is 16.5. The van der Waals surface area contributed by atoms with Gasteiger partial charge in [0.2, 0.25) is 5.91 Å². The van der Waals surface area contributed by atoms with E-state index in [0.717, 1.165) is 81.7 Å². The Labute approximate surface area is 235 Å². The zero-order valence-electron chi connectivity index (χ0n) is 23.2. The van der Waals surface area contributed by atoms with Crippen molar-refractivity contribution >= 4 is 30.2 Å². The first-order chi connectivity index (χ1) is 19.5. The fourth-order valence-corrected chi connectivity index (χ4v) is 5.25. The van der Waals surface area contributed by atoms with Crippen LogP contribution in [-0.4, -0.2) is 98.1 Å². The lowest BCUT2D eigenvalue weighted by atomic mass is 9.96. The number of hydrogen-bond donors (Lipinski definition) is 1. The number of aromatic nitrogens is 1. The third-order valence-electron chi connectivity index (χ3n) is 7.68. The predicted molar refractivity (Wildman–Crippen MR) is 152 cm³/mol. The Hall–Kier alpha value is -3.79. The lowest BCUT2D eigenvalue weighted by molar-refractivity contribution is -0.121. The first-order valence-corrected chi connectivity index (χ1v) is 14.1. The van der Waals surface area contributed by atoms with Crippen molar-refractivity contribution in [2.45, 2.75) is 44.6 Å². The molecule has 1 aromatic heterocycles. The lowest BCUT2D eigenvalue weighted by Gasteiger charge is -2.35. The quantitative estimate of drug-likeness (QED) is 0.282. The van der Waals surface area contributed by atoms with Crippen LogP contribution in [0.3, 0.4) is 0 Å². The van der Waals surface area contributed by atoms with Crippen LogP contribution in [0.4, 0.5) is 5.82 Å². The number of rotatable bonds is 14. The topological polar surface area (TPSA) is 112 Å². The molecule has 1 fully saturated rings. The SMILES string of the molecule is CNC(=O)CCC(C=O)N1CCc2cc(OCCCCCN3CCN(c4ccc(C=O)cn4)CC3)ccc2C1=O. The number of fused-ring (bicyclic) bond motifs is 1. The second-order valence-corrected chi connectivity index (χ2v) is 10.3. The molecule has 10 heteroatoms. The number of carbonyl (C=O) groups excluding carboxylic acids is 4. The summed E-state index contributed by atoms with van der Waals surface area (Å²) in [6, 6.07) is 8.66. The largest absolute Gasteiger partial charge is 0.494 e. The average molecular weight is 550 g/mol. The van der Waals surface area contributed by atoms with Crippen LogP contribution in [0, 0.1) is 0 Å². The van der Waals surface area contributed by atoms with Gasteiger partial charge >= 0.3 is 0 Å². The van der Waals surface area contributed by atoms with Crippen molar-refractivity contribution in [2.75, 3.05) is 57.8 Å². The van der Waals surface area contributed by atoms with Gasteiger partial charge in [0.15, 0.2) is 6.29 Å². The van der Waals surface area contributed by atoms with Crippen LogP contribution in [0.5, 0.6) is 5.75 Å². The second-order valence-electron chi connectivity index (χ2n) is 10.3. The smallest absolute Gasteiger partial charge is 0.254 e. The van der Waals surface area contributed by atoms with E-state index in [0.29, 0.717) is 37.1 Å². The molecule has 4 rings (SSSR count). The first kappa shape index (κ1) is 29.2. The summed E-state index contributed by atoms with van der Waals surface area (Å²) in [6.45, 7) is 6.00. The van der Waals surface area contributed by atoms with Gasteiger partial charge in [-0.1, -0.05) is 0 Å². The third-order valence-corrected chi connectivity index (χ3v) is 7.68. The molecule has 0 spiro atoms. The molecule has 1 saturated heterocycles. The zero-order valence-corrected chi connectivity index (χ0v) is 23.2. The van der Waals surface area contributed by atoms with Gasteiger partial charge in [-0.15, -0.1) is 0 Å². The number of amides is 2. The highest BCUT2D eigenvalue weighted by molar-refractivity contribution is 5.98. The molecule has 10 nitrogen and oxygen atoms in total. The molecule has 1 N–H and O–H groups in total. The van der Waals surface area contributed by atoms with Crippen molar-refractivity contribution in [1.82, 2.24) is 20.1 Å². The number of nitrogens with one attached hydrogen (secondary N) is 1. The minimum atomic E-state index is -0.601. The summed E-state index contributed by atoms with van der Waals surface area (Å²) in [4.78, 5) is 57.7. The molecule has 0 radical (unpaired) electrons. The highest BCUT2D eigenvalue weighted by Gasteiger charge is 2.30. The maximum atomic E-state index is 13.0. The van der Waals surface area contributed by atoms with Crippen LogP contribution in [0.25, 0.3) is 0 Å². The van der Waals surface area contributed by atoms with Gasteiger partial charge in [0, 0.05) is 63.5 Å². The molecule has 2 aliphatic heterocycles. The van der Waals surface area contributed by atoms with E-state index in [4.69, 9.17) is 4.74 Å². The number of piperazine rings is 1. The van der Waals surface area contributed by atoms with Crippen molar-refractivity contribution in [3.63, 3.8) is 0 Å². The number of hydrogen-bond acceptors (Lipinski definition) is 8. The fourth-order valence-electron chi connectivity index (χ4n) is 5.25. The van der Waals surface area contributed by atoms with Gasteiger partial charge < -0.3 is 24.6 Å². The number of pyridine rings is 1. The first-order valence-electron chi connectivity index (χ1n) is 14.1. The third kappa shape index (κ3) is 7.65. The van der Waals surface area contributed by atoms with Gasteiger partial charge in [-0.25, -0.2) is 4.98 Å². The molecule has 1 aromatic carbocycles. The molecule has 0 saturated carbocycles. The van der Waals surface area contributed by atoms with Gasteiger partial charge in [0.25, 0.3) is 5.91 Å². The van der Waals surface area contributed by atoms with Gasteiger partial charge in [0.05, 0.1) is 12.6 Å². The van der Waals surface area contributed by atoms with E-state index in [-0.39, 0.29) is 18.2 Å². The van der Waals surface area contributed by atoms with E-state index < -0.39 is 6.04 Å². The summed E-state index contributed by atoms with van der Waals surface area (Å²) in [5.41, 5.74) is 2.13. The summed E-state index contributed by atoms with van der Waals surface area (Å²) < 4.78 is 5.98. The molecule has 2 amide bonds. The Morgan fingerprint density at radius 2 is 1.90 bits per heavy atom. The van der Waals surface area contributed by atoms with Crippen LogP contribution in [0.15, 0.2) is 36.5 Å². The summed E-state index contributed by atoms with van der Waals surface area (Å²) in [7, 11) is 1.56. The van der Waals surface area contributed by atoms with E-state index in [2.05, 4.69) is 20.1 Å². The van der Waals surface area contributed by atoms with E-state index >= 15 is 0 Å². The Morgan fingerprint density at radius 3 is 2.60 bits per heavy atom. The van der Waals surface area contributed by atoms with Gasteiger partial charge in [-0.2, -0.15) is 0 Å². The van der Waals surface area contributed by atoms with Crippen molar-refractivity contribution in [3.8, 4) is 5.75 Å². The molecule has 2 aliphatic rings. The Balaban J connectivity index is 1.13. The van der Waals surface area contributed by atoms with E-state index in [1.165, 1.54) is 0 Å². The average Bonchev–Trinajstić information content (AvgIpc) is 3.00. The number of ether oxygens (including phenoxy) is 1. The molecule has 214 valence electrons. The van der Waals surface area contributed by atoms with E-state index in [9.17, 15) is 19.2 Å².